The first kappa shape index (κ1) is 15.7. The molecular weight excluding hydrogens is 271 g/mol. The van der Waals surface area contributed by atoms with Crippen LogP contribution in [0.2, 0.25) is 0 Å². The summed E-state index contributed by atoms with van der Waals surface area (Å²) in [5.41, 5.74) is 6.42. The minimum atomic E-state index is -0.241. The van der Waals surface area contributed by atoms with Gasteiger partial charge in [-0.25, -0.2) is 9.18 Å². The van der Waals surface area contributed by atoms with Crippen LogP contribution in [0, 0.1) is 5.82 Å². The maximum absolute atomic E-state index is 13.0. The number of hydrogen-bond donors (Lipinski definition) is 2. The number of piperazine rings is 1. The van der Waals surface area contributed by atoms with Crippen LogP contribution in [0.4, 0.5) is 9.18 Å². The van der Waals surface area contributed by atoms with Gasteiger partial charge in [0, 0.05) is 45.8 Å². The molecule has 0 atom stereocenters. The van der Waals surface area contributed by atoms with E-state index in [4.69, 9.17) is 5.73 Å². The molecule has 1 heterocycles. The molecule has 1 aromatic rings. The quantitative estimate of drug-likeness (QED) is 0.838. The van der Waals surface area contributed by atoms with Crippen molar-refractivity contribution in [2.75, 3.05) is 45.8 Å². The van der Waals surface area contributed by atoms with Gasteiger partial charge in [0.15, 0.2) is 0 Å². The Kier molecular flexibility index (Phi) is 5.95. The standard InChI is InChI=1S/C15H23FN4O/c16-14-3-1-2-13(12-14)4-6-18-15(21)20-10-8-19(7-5-17)9-11-20/h1-3,12H,4-11,17H2,(H,18,21). The third-order valence-electron chi connectivity index (χ3n) is 3.68. The number of halogens is 1. The summed E-state index contributed by atoms with van der Waals surface area (Å²) in [6.07, 6.45) is 0.636. The van der Waals surface area contributed by atoms with E-state index < -0.39 is 0 Å². The molecule has 0 radical (unpaired) electrons. The van der Waals surface area contributed by atoms with E-state index in [-0.39, 0.29) is 11.8 Å². The van der Waals surface area contributed by atoms with Crippen LogP contribution in [0.5, 0.6) is 0 Å². The van der Waals surface area contributed by atoms with Crippen molar-refractivity contribution in [2.24, 2.45) is 5.73 Å². The number of carbonyl (C=O) groups is 1. The molecule has 0 aromatic heterocycles. The van der Waals surface area contributed by atoms with Crippen molar-refractivity contribution in [3.63, 3.8) is 0 Å². The highest BCUT2D eigenvalue weighted by atomic mass is 19.1. The third kappa shape index (κ3) is 4.99. The van der Waals surface area contributed by atoms with Crippen LogP contribution < -0.4 is 11.1 Å². The van der Waals surface area contributed by atoms with Gasteiger partial charge in [-0.05, 0) is 24.1 Å². The smallest absolute Gasteiger partial charge is 0.317 e. The normalized spacial score (nSPS) is 16.0. The number of amides is 2. The Hall–Kier alpha value is -1.66. The lowest BCUT2D eigenvalue weighted by molar-refractivity contribution is 0.141. The number of hydrogen-bond acceptors (Lipinski definition) is 3. The fraction of sp³-hybridized carbons (Fsp3) is 0.533. The first-order valence-electron chi connectivity index (χ1n) is 7.38. The highest BCUT2D eigenvalue weighted by molar-refractivity contribution is 5.74. The summed E-state index contributed by atoms with van der Waals surface area (Å²) in [5, 5.41) is 2.89. The monoisotopic (exact) mass is 294 g/mol. The number of rotatable bonds is 5. The van der Waals surface area contributed by atoms with E-state index in [1.54, 1.807) is 6.07 Å². The zero-order chi connectivity index (χ0) is 15.1. The predicted octanol–water partition coefficient (Wildman–Crippen LogP) is 0.654. The minimum absolute atomic E-state index is 0.0428. The molecule has 1 aliphatic rings. The Bertz CT molecular complexity index is 461. The lowest BCUT2D eigenvalue weighted by Gasteiger charge is -2.34. The van der Waals surface area contributed by atoms with Crippen LogP contribution in [-0.4, -0.2) is 61.6 Å². The minimum Gasteiger partial charge on any atom is -0.338 e. The Balaban J connectivity index is 1.68. The zero-order valence-corrected chi connectivity index (χ0v) is 12.2. The van der Waals surface area contributed by atoms with E-state index in [1.807, 2.05) is 11.0 Å². The van der Waals surface area contributed by atoms with Crippen molar-refractivity contribution in [1.29, 1.82) is 0 Å². The van der Waals surface area contributed by atoms with Crippen LogP contribution in [0.1, 0.15) is 5.56 Å². The number of nitrogens with zero attached hydrogens (tertiary/aromatic N) is 2. The number of nitrogens with two attached hydrogens (primary N) is 1. The van der Waals surface area contributed by atoms with Crippen molar-refractivity contribution in [3.05, 3.63) is 35.6 Å². The van der Waals surface area contributed by atoms with Gasteiger partial charge in [0.1, 0.15) is 5.82 Å². The number of nitrogens with one attached hydrogen (secondary N) is 1. The topological polar surface area (TPSA) is 61.6 Å². The predicted molar refractivity (Wildman–Crippen MR) is 80.6 cm³/mol. The summed E-state index contributed by atoms with van der Waals surface area (Å²) < 4.78 is 13.0. The molecule has 5 nitrogen and oxygen atoms in total. The van der Waals surface area contributed by atoms with E-state index in [9.17, 15) is 9.18 Å². The maximum atomic E-state index is 13.0. The third-order valence-corrected chi connectivity index (χ3v) is 3.68. The van der Waals surface area contributed by atoms with Crippen molar-refractivity contribution < 1.29 is 9.18 Å². The van der Waals surface area contributed by atoms with Gasteiger partial charge < -0.3 is 16.0 Å². The molecule has 2 rings (SSSR count). The average molecular weight is 294 g/mol. The average Bonchev–Trinajstić information content (AvgIpc) is 2.48. The first-order chi connectivity index (χ1) is 10.2. The fourth-order valence-electron chi connectivity index (χ4n) is 2.48. The Morgan fingerprint density at radius 2 is 2.05 bits per heavy atom. The molecule has 2 amide bonds. The summed E-state index contributed by atoms with van der Waals surface area (Å²) in [5.74, 6) is -0.241. The molecule has 0 saturated carbocycles. The summed E-state index contributed by atoms with van der Waals surface area (Å²) in [7, 11) is 0. The number of benzene rings is 1. The fourth-order valence-corrected chi connectivity index (χ4v) is 2.48. The highest BCUT2D eigenvalue weighted by Crippen LogP contribution is 2.04. The van der Waals surface area contributed by atoms with Crippen molar-refractivity contribution in [2.45, 2.75) is 6.42 Å². The van der Waals surface area contributed by atoms with E-state index in [0.717, 1.165) is 38.3 Å². The molecule has 21 heavy (non-hydrogen) atoms. The number of carbonyl (C=O) groups excluding carboxylic acids is 1. The van der Waals surface area contributed by atoms with Crippen LogP contribution in [0.25, 0.3) is 0 Å². The molecule has 0 bridgehead atoms. The van der Waals surface area contributed by atoms with E-state index in [1.165, 1.54) is 12.1 Å². The second kappa shape index (κ2) is 7.95. The van der Waals surface area contributed by atoms with Gasteiger partial charge in [-0.2, -0.15) is 0 Å². The molecule has 116 valence electrons. The molecule has 0 unspecified atom stereocenters. The summed E-state index contributed by atoms with van der Waals surface area (Å²) in [4.78, 5) is 16.1. The summed E-state index contributed by atoms with van der Waals surface area (Å²) in [6, 6.07) is 6.42. The van der Waals surface area contributed by atoms with Crippen molar-refractivity contribution >= 4 is 6.03 Å². The van der Waals surface area contributed by atoms with Gasteiger partial charge in [0.25, 0.3) is 0 Å². The first-order valence-corrected chi connectivity index (χ1v) is 7.38. The van der Waals surface area contributed by atoms with Gasteiger partial charge >= 0.3 is 6.03 Å². The van der Waals surface area contributed by atoms with E-state index in [2.05, 4.69) is 10.2 Å². The van der Waals surface area contributed by atoms with Crippen molar-refractivity contribution in [1.82, 2.24) is 15.1 Å². The summed E-state index contributed by atoms with van der Waals surface area (Å²) in [6.45, 7) is 5.25. The van der Waals surface area contributed by atoms with E-state index in [0.29, 0.717) is 19.5 Å². The lowest BCUT2D eigenvalue weighted by atomic mass is 10.1. The molecule has 6 heteroatoms. The van der Waals surface area contributed by atoms with Crippen molar-refractivity contribution in [3.8, 4) is 0 Å². The van der Waals surface area contributed by atoms with Crippen LogP contribution in [0.15, 0.2) is 24.3 Å². The molecule has 1 aliphatic heterocycles. The molecule has 3 N–H and O–H groups in total. The SMILES string of the molecule is NCCN1CCN(C(=O)NCCc2cccc(F)c2)CC1. The van der Waals surface area contributed by atoms with Gasteiger partial charge in [0.2, 0.25) is 0 Å². The molecule has 1 aromatic carbocycles. The Labute approximate surface area is 124 Å². The Morgan fingerprint density at radius 1 is 1.29 bits per heavy atom. The van der Waals surface area contributed by atoms with Crippen LogP contribution in [0.3, 0.4) is 0 Å². The van der Waals surface area contributed by atoms with Gasteiger partial charge in [-0.3, -0.25) is 4.90 Å². The molecular formula is C15H23FN4O. The largest absolute Gasteiger partial charge is 0.338 e. The van der Waals surface area contributed by atoms with Gasteiger partial charge in [-0.15, -0.1) is 0 Å². The second-order valence-electron chi connectivity index (χ2n) is 5.23. The second-order valence-corrected chi connectivity index (χ2v) is 5.23. The molecule has 1 saturated heterocycles. The molecule has 0 spiro atoms. The number of urea groups is 1. The van der Waals surface area contributed by atoms with Gasteiger partial charge in [0.05, 0.1) is 0 Å². The van der Waals surface area contributed by atoms with Crippen LogP contribution >= 0.6 is 0 Å². The van der Waals surface area contributed by atoms with Gasteiger partial charge in [-0.1, -0.05) is 12.1 Å². The molecule has 1 fully saturated rings. The Morgan fingerprint density at radius 3 is 2.71 bits per heavy atom. The lowest BCUT2D eigenvalue weighted by Crippen LogP contribution is -2.52. The van der Waals surface area contributed by atoms with E-state index >= 15 is 0 Å². The maximum Gasteiger partial charge on any atom is 0.317 e. The van der Waals surface area contributed by atoms with Crippen LogP contribution in [-0.2, 0) is 6.42 Å². The highest BCUT2D eigenvalue weighted by Gasteiger charge is 2.19. The zero-order valence-electron chi connectivity index (χ0n) is 12.2. The summed E-state index contributed by atoms with van der Waals surface area (Å²) >= 11 is 0. The molecule has 0 aliphatic carbocycles.